The van der Waals surface area contributed by atoms with Crippen molar-refractivity contribution in [3.8, 4) is 5.88 Å². The number of hydrogen-bond acceptors (Lipinski definition) is 3. The molecule has 0 aromatic carbocycles. The molecular weight excluding hydrogens is 248 g/mol. The zero-order valence-corrected chi connectivity index (χ0v) is 12.6. The van der Waals surface area contributed by atoms with Gasteiger partial charge in [0.15, 0.2) is 0 Å². The molecule has 0 spiro atoms. The average Bonchev–Trinajstić information content (AvgIpc) is 2.47. The Bertz CT molecular complexity index is 552. The summed E-state index contributed by atoms with van der Waals surface area (Å²) in [5.41, 5.74) is 3.51. The highest BCUT2D eigenvalue weighted by molar-refractivity contribution is 5.31. The van der Waals surface area contributed by atoms with Crippen molar-refractivity contribution >= 4 is 0 Å². The number of pyridine rings is 2. The normalized spacial score (nSPS) is 12.4. The molecule has 3 heteroatoms. The van der Waals surface area contributed by atoms with E-state index in [1.165, 1.54) is 5.56 Å². The van der Waals surface area contributed by atoms with E-state index < -0.39 is 0 Å². The lowest BCUT2D eigenvalue weighted by Gasteiger charge is -2.15. The van der Waals surface area contributed by atoms with Crippen LogP contribution in [0.25, 0.3) is 0 Å². The van der Waals surface area contributed by atoms with E-state index in [1.54, 1.807) is 7.11 Å². The minimum absolute atomic E-state index is 0.417. The molecule has 3 nitrogen and oxygen atoms in total. The SMILES string of the molecule is COc1nc(CC(C)c2ccncc2)ccc1C(C)C. The van der Waals surface area contributed by atoms with Crippen LogP contribution >= 0.6 is 0 Å². The van der Waals surface area contributed by atoms with Crippen molar-refractivity contribution in [1.29, 1.82) is 0 Å². The van der Waals surface area contributed by atoms with Crippen LogP contribution in [0.3, 0.4) is 0 Å². The number of aromatic nitrogens is 2. The molecule has 1 atom stereocenters. The summed E-state index contributed by atoms with van der Waals surface area (Å²) in [6, 6.07) is 8.36. The summed E-state index contributed by atoms with van der Waals surface area (Å²) in [5, 5.41) is 0. The summed E-state index contributed by atoms with van der Waals surface area (Å²) >= 11 is 0. The van der Waals surface area contributed by atoms with Gasteiger partial charge in [0.25, 0.3) is 0 Å². The van der Waals surface area contributed by atoms with Crippen molar-refractivity contribution in [1.82, 2.24) is 9.97 Å². The fourth-order valence-corrected chi connectivity index (χ4v) is 2.33. The number of methoxy groups -OCH3 is 1. The summed E-state index contributed by atoms with van der Waals surface area (Å²) < 4.78 is 5.41. The molecule has 2 rings (SSSR count). The number of nitrogens with zero attached hydrogens (tertiary/aromatic N) is 2. The maximum absolute atomic E-state index is 5.41. The Balaban J connectivity index is 2.18. The molecule has 0 saturated heterocycles. The Morgan fingerprint density at radius 3 is 2.35 bits per heavy atom. The number of rotatable bonds is 5. The molecule has 0 radical (unpaired) electrons. The predicted octanol–water partition coefficient (Wildman–Crippen LogP) is 3.95. The zero-order valence-electron chi connectivity index (χ0n) is 12.6. The molecule has 0 saturated carbocycles. The van der Waals surface area contributed by atoms with Crippen molar-refractivity contribution in [3.05, 3.63) is 53.5 Å². The van der Waals surface area contributed by atoms with E-state index in [4.69, 9.17) is 4.74 Å². The van der Waals surface area contributed by atoms with Gasteiger partial charge in [0.2, 0.25) is 5.88 Å². The molecule has 0 aliphatic heterocycles. The first-order valence-electron chi connectivity index (χ1n) is 7.05. The van der Waals surface area contributed by atoms with E-state index in [0.717, 1.165) is 23.6 Å². The van der Waals surface area contributed by atoms with Gasteiger partial charge in [-0.05, 0) is 42.0 Å². The van der Waals surface area contributed by atoms with Gasteiger partial charge >= 0.3 is 0 Å². The van der Waals surface area contributed by atoms with Crippen LogP contribution in [-0.2, 0) is 6.42 Å². The first-order valence-corrected chi connectivity index (χ1v) is 7.05. The molecular formula is C17H22N2O. The molecule has 2 aromatic rings. The van der Waals surface area contributed by atoms with E-state index in [1.807, 2.05) is 12.4 Å². The predicted molar refractivity (Wildman–Crippen MR) is 81.2 cm³/mol. The monoisotopic (exact) mass is 270 g/mol. The quantitative estimate of drug-likeness (QED) is 0.825. The van der Waals surface area contributed by atoms with Crippen LogP contribution in [-0.4, -0.2) is 17.1 Å². The zero-order chi connectivity index (χ0) is 14.5. The van der Waals surface area contributed by atoms with Gasteiger partial charge in [0, 0.05) is 23.7 Å². The summed E-state index contributed by atoms with van der Waals surface area (Å²) in [4.78, 5) is 8.70. The molecule has 20 heavy (non-hydrogen) atoms. The standard InChI is InChI=1S/C17H22N2O/c1-12(2)16-6-5-15(19-17(16)20-4)11-13(3)14-7-9-18-10-8-14/h5-10,12-13H,11H2,1-4H3. The smallest absolute Gasteiger partial charge is 0.216 e. The molecule has 0 aliphatic carbocycles. The average molecular weight is 270 g/mol. The molecule has 1 unspecified atom stereocenters. The molecule has 2 heterocycles. The van der Waals surface area contributed by atoms with Crippen molar-refractivity contribution in [2.45, 2.75) is 39.0 Å². The molecule has 0 N–H and O–H groups in total. The third-order valence-electron chi connectivity index (χ3n) is 3.55. The highest BCUT2D eigenvalue weighted by Gasteiger charge is 2.12. The van der Waals surface area contributed by atoms with Gasteiger partial charge in [-0.3, -0.25) is 4.98 Å². The van der Waals surface area contributed by atoms with E-state index in [-0.39, 0.29) is 0 Å². The van der Waals surface area contributed by atoms with Crippen LogP contribution in [0.4, 0.5) is 0 Å². The summed E-state index contributed by atoms with van der Waals surface area (Å²) in [6.45, 7) is 6.51. The van der Waals surface area contributed by atoms with Crippen molar-refractivity contribution < 1.29 is 4.74 Å². The molecule has 106 valence electrons. The second kappa shape index (κ2) is 6.51. The van der Waals surface area contributed by atoms with Gasteiger partial charge in [-0.25, -0.2) is 4.98 Å². The number of hydrogen-bond donors (Lipinski definition) is 0. The van der Waals surface area contributed by atoms with Crippen LogP contribution in [0.15, 0.2) is 36.7 Å². The van der Waals surface area contributed by atoms with Crippen LogP contribution < -0.4 is 4.74 Å². The molecule has 0 bridgehead atoms. The minimum Gasteiger partial charge on any atom is -0.481 e. The maximum atomic E-state index is 5.41. The first kappa shape index (κ1) is 14.5. The van der Waals surface area contributed by atoms with Crippen LogP contribution in [0, 0.1) is 0 Å². The van der Waals surface area contributed by atoms with Crippen molar-refractivity contribution in [2.75, 3.05) is 7.11 Å². The van der Waals surface area contributed by atoms with Gasteiger partial charge in [-0.1, -0.05) is 26.8 Å². The van der Waals surface area contributed by atoms with Crippen LogP contribution in [0.5, 0.6) is 5.88 Å². The Kier molecular flexibility index (Phi) is 4.72. The largest absolute Gasteiger partial charge is 0.481 e. The van der Waals surface area contributed by atoms with Crippen molar-refractivity contribution in [2.24, 2.45) is 0 Å². The highest BCUT2D eigenvalue weighted by atomic mass is 16.5. The van der Waals surface area contributed by atoms with Gasteiger partial charge in [-0.2, -0.15) is 0 Å². The van der Waals surface area contributed by atoms with Gasteiger partial charge in [0.1, 0.15) is 0 Å². The van der Waals surface area contributed by atoms with E-state index >= 15 is 0 Å². The van der Waals surface area contributed by atoms with E-state index in [2.05, 4.69) is 55.0 Å². The third kappa shape index (κ3) is 3.35. The third-order valence-corrected chi connectivity index (χ3v) is 3.55. The lowest BCUT2D eigenvalue weighted by molar-refractivity contribution is 0.388. The molecule has 2 aromatic heterocycles. The molecule has 0 aliphatic rings. The maximum Gasteiger partial charge on any atom is 0.216 e. The van der Waals surface area contributed by atoms with Crippen molar-refractivity contribution in [3.63, 3.8) is 0 Å². The first-order chi connectivity index (χ1) is 9.61. The summed E-state index contributed by atoms with van der Waals surface area (Å²) in [7, 11) is 1.68. The summed E-state index contributed by atoms with van der Waals surface area (Å²) in [5.74, 6) is 1.59. The molecule has 0 amide bonds. The Labute approximate surface area is 121 Å². The lowest BCUT2D eigenvalue weighted by Crippen LogP contribution is -2.04. The fourth-order valence-electron chi connectivity index (χ4n) is 2.33. The topological polar surface area (TPSA) is 35.0 Å². The van der Waals surface area contributed by atoms with Gasteiger partial charge in [0.05, 0.1) is 7.11 Å². The number of ether oxygens (including phenoxy) is 1. The second-order valence-electron chi connectivity index (χ2n) is 5.44. The van der Waals surface area contributed by atoms with Crippen LogP contribution in [0.1, 0.15) is 49.4 Å². The van der Waals surface area contributed by atoms with Crippen LogP contribution in [0.2, 0.25) is 0 Å². The van der Waals surface area contributed by atoms with E-state index in [0.29, 0.717) is 11.8 Å². The highest BCUT2D eigenvalue weighted by Crippen LogP contribution is 2.26. The molecule has 0 fully saturated rings. The second-order valence-corrected chi connectivity index (χ2v) is 5.44. The minimum atomic E-state index is 0.417. The Hall–Kier alpha value is -1.90. The fraction of sp³-hybridized carbons (Fsp3) is 0.412. The Morgan fingerprint density at radius 2 is 1.75 bits per heavy atom. The summed E-state index contributed by atoms with van der Waals surface area (Å²) in [6.07, 6.45) is 4.57. The van der Waals surface area contributed by atoms with Gasteiger partial charge < -0.3 is 4.74 Å². The van der Waals surface area contributed by atoms with E-state index in [9.17, 15) is 0 Å². The Morgan fingerprint density at radius 1 is 1.05 bits per heavy atom. The van der Waals surface area contributed by atoms with Gasteiger partial charge in [-0.15, -0.1) is 0 Å². The lowest BCUT2D eigenvalue weighted by atomic mass is 9.96.